The molecular weight excluding hydrogens is 545 g/mol. The number of nitrogens with zero attached hydrogens (tertiary/aromatic N) is 2. The maximum absolute atomic E-state index is 13.8. The first kappa shape index (κ1) is 29.5. The standard InChI is InChI=1S/C28H31Cl2N3O4S/c1-19(2)21-13-15-22(16-14-21)33(38(36,37)23-9-6-5-7-10-23)18-27(34)32(20(3)28(35)31-4)17-24-25(29)11-8-12-26(24)30/h5-16,19-20H,17-18H2,1-4H3,(H,31,35)/t20-/m0/s1. The van der Waals surface area contributed by atoms with Crippen molar-refractivity contribution in [1.29, 1.82) is 0 Å². The van der Waals surface area contributed by atoms with Crippen molar-refractivity contribution in [2.45, 2.75) is 44.2 Å². The molecule has 202 valence electrons. The summed E-state index contributed by atoms with van der Waals surface area (Å²) in [4.78, 5) is 27.7. The summed E-state index contributed by atoms with van der Waals surface area (Å²) in [5, 5.41) is 3.20. The molecule has 0 fully saturated rings. The fourth-order valence-electron chi connectivity index (χ4n) is 3.92. The van der Waals surface area contributed by atoms with Gasteiger partial charge in [0, 0.05) is 29.2 Å². The Labute approximate surface area is 234 Å². The smallest absolute Gasteiger partial charge is 0.264 e. The fraction of sp³-hybridized carbons (Fsp3) is 0.286. The minimum Gasteiger partial charge on any atom is -0.357 e. The predicted octanol–water partition coefficient (Wildman–Crippen LogP) is 5.48. The maximum atomic E-state index is 13.8. The molecule has 1 N–H and O–H groups in total. The van der Waals surface area contributed by atoms with Gasteiger partial charge in [0.2, 0.25) is 11.8 Å². The lowest BCUT2D eigenvalue weighted by Crippen LogP contribution is -2.50. The van der Waals surface area contributed by atoms with Gasteiger partial charge in [0.25, 0.3) is 10.0 Å². The van der Waals surface area contributed by atoms with Gasteiger partial charge in [0.1, 0.15) is 12.6 Å². The van der Waals surface area contributed by atoms with Gasteiger partial charge in [0.15, 0.2) is 0 Å². The van der Waals surface area contributed by atoms with E-state index in [0.29, 0.717) is 21.3 Å². The van der Waals surface area contributed by atoms with Crippen molar-refractivity contribution in [3.05, 3.63) is 94.0 Å². The van der Waals surface area contributed by atoms with Crippen LogP contribution in [0.3, 0.4) is 0 Å². The van der Waals surface area contributed by atoms with Crippen molar-refractivity contribution in [2.24, 2.45) is 0 Å². The summed E-state index contributed by atoms with van der Waals surface area (Å²) in [5.74, 6) is -0.765. The highest BCUT2D eigenvalue weighted by Crippen LogP contribution is 2.29. The zero-order valence-corrected chi connectivity index (χ0v) is 24.0. The number of carbonyl (C=O) groups is 2. The molecule has 0 aromatic heterocycles. The number of rotatable bonds is 10. The highest BCUT2D eigenvalue weighted by atomic mass is 35.5. The van der Waals surface area contributed by atoms with E-state index in [9.17, 15) is 18.0 Å². The molecule has 0 saturated carbocycles. The van der Waals surface area contributed by atoms with Crippen LogP contribution in [0.2, 0.25) is 10.0 Å². The number of carbonyl (C=O) groups excluding carboxylic acids is 2. The van der Waals surface area contributed by atoms with Crippen LogP contribution in [0.5, 0.6) is 0 Å². The molecule has 7 nitrogen and oxygen atoms in total. The third-order valence-electron chi connectivity index (χ3n) is 6.26. The van der Waals surface area contributed by atoms with Gasteiger partial charge in [-0.3, -0.25) is 13.9 Å². The van der Waals surface area contributed by atoms with Crippen LogP contribution in [-0.2, 0) is 26.2 Å². The molecule has 2 amide bonds. The monoisotopic (exact) mass is 575 g/mol. The summed E-state index contributed by atoms with van der Waals surface area (Å²) in [6.45, 7) is 5.01. The summed E-state index contributed by atoms with van der Waals surface area (Å²) in [7, 11) is -2.66. The van der Waals surface area contributed by atoms with Crippen LogP contribution < -0.4 is 9.62 Å². The quantitative estimate of drug-likeness (QED) is 0.347. The van der Waals surface area contributed by atoms with Gasteiger partial charge in [-0.15, -0.1) is 0 Å². The number of likely N-dealkylation sites (N-methyl/N-ethyl adjacent to an activating group) is 1. The Morgan fingerprint density at radius 3 is 1.97 bits per heavy atom. The van der Waals surface area contributed by atoms with Crippen molar-refractivity contribution in [3.8, 4) is 0 Å². The molecule has 0 spiro atoms. The Kier molecular flexibility index (Phi) is 9.82. The molecule has 38 heavy (non-hydrogen) atoms. The van der Waals surface area contributed by atoms with Gasteiger partial charge in [-0.1, -0.05) is 73.4 Å². The number of sulfonamides is 1. The minimum atomic E-state index is -4.12. The van der Waals surface area contributed by atoms with Crippen LogP contribution in [-0.4, -0.2) is 44.8 Å². The number of anilines is 1. The number of hydrogen-bond acceptors (Lipinski definition) is 4. The van der Waals surface area contributed by atoms with E-state index in [-0.39, 0.29) is 17.4 Å². The molecule has 0 heterocycles. The van der Waals surface area contributed by atoms with Crippen molar-refractivity contribution in [1.82, 2.24) is 10.2 Å². The van der Waals surface area contributed by atoms with Gasteiger partial charge in [-0.25, -0.2) is 8.42 Å². The molecule has 10 heteroatoms. The second-order valence-electron chi connectivity index (χ2n) is 9.08. The Hall–Kier alpha value is -3.07. The number of halogens is 2. The topological polar surface area (TPSA) is 86.8 Å². The molecule has 3 aromatic carbocycles. The van der Waals surface area contributed by atoms with Crippen LogP contribution in [0, 0.1) is 0 Å². The van der Waals surface area contributed by atoms with Gasteiger partial charge >= 0.3 is 0 Å². The molecule has 0 bridgehead atoms. The van der Waals surface area contributed by atoms with E-state index in [1.165, 1.54) is 24.1 Å². The number of amides is 2. The zero-order valence-electron chi connectivity index (χ0n) is 21.7. The maximum Gasteiger partial charge on any atom is 0.264 e. The van der Waals surface area contributed by atoms with Crippen LogP contribution in [0.15, 0.2) is 77.7 Å². The molecule has 1 atom stereocenters. The molecule has 0 aliphatic carbocycles. The van der Waals surface area contributed by atoms with Crippen LogP contribution in [0.1, 0.15) is 37.8 Å². The Bertz CT molecular complexity index is 1360. The Morgan fingerprint density at radius 2 is 1.45 bits per heavy atom. The van der Waals surface area contributed by atoms with Crippen molar-refractivity contribution >= 4 is 50.7 Å². The minimum absolute atomic E-state index is 0.0424. The number of nitrogens with one attached hydrogen (secondary N) is 1. The van der Waals surface area contributed by atoms with E-state index in [1.54, 1.807) is 55.5 Å². The van der Waals surface area contributed by atoms with E-state index in [2.05, 4.69) is 5.32 Å². The van der Waals surface area contributed by atoms with Crippen molar-refractivity contribution in [3.63, 3.8) is 0 Å². The largest absolute Gasteiger partial charge is 0.357 e. The van der Waals surface area contributed by atoms with E-state index < -0.39 is 34.4 Å². The van der Waals surface area contributed by atoms with E-state index in [0.717, 1.165) is 9.87 Å². The second kappa shape index (κ2) is 12.7. The first-order chi connectivity index (χ1) is 18.0. The number of benzene rings is 3. The Balaban J connectivity index is 2.06. The highest BCUT2D eigenvalue weighted by Gasteiger charge is 2.32. The summed E-state index contributed by atoms with van der Waals surface area (Å²) < 4.78 is 28.6. The SMILES string of the molecule is CNC(=O)[C@H](C)N(Cc1c(Cl)cccc1Cl)C(=O)CN(c1ccc(C(C)C)cc1)S(=O)(=O)c1ccccc1. The van der Waals surface area contributed by atoms with E-state index in [4.69, 9.17) is 23.2 Å². The summed E-state index contributed by atoms with van der Waals surface area (Å²) in [5.41, 5.74) is 1.81. The van der Waals surface area contributed by atoms with Gasteiger partial charge in [0.05, 0.1) is 10.6 Å². The van der Waals surface area contributed by atoms with Crippen molar-refractivity contribution in [2.75, 3.05) is 17.9 Å². The molecule has 0 saturated heterocycles. The molecular formula is C28H31Cl2N3O4S. The first-order valence-electron chi connectivity index (χ1n) is 12.1. The van der Waals surface area contributed by atoms with E-state index >= 15 is 0 Å². The lowest BCUT2D eigenvalue weighted by atomic mass is 10.0. The molecule has 0 aliphatic rings. The summed E-state index contributed by atoms with van der Waals surface area (Å²) in [6, 6.07) is 19.0. The third-order valence-corrected chi connectivity index (χ3v) is 8.76. The van der Waals surface area contributed by atoms with Gasteiger partial charge in [-0.05, 0) is 54.8 Å². The average molecular weight is 577 g/mol. The molecule has 0 aliphatic heterocycles. The summed E-state index contributed by atoms with van der Waals surface area (Å²) in [6.07, 6.45) is 0. The molecule has 0 radical (unpaired) electrons. The summed E-state index contributed by atoms with van der Waals surface area (Å²) >= 11 is 12.7. The lowest BCUT2D eigenvalue weighted by Gasteiger charge is -2.32. The van der Waals surface area contributed by atoms with Gasteiger partial charge in [-0.2, -0.15) is 0 Å². The molecule has 0 unspecified atom stereocenters. The lowest BCUT2D eigenvalue weighted by molar-refractivity contribution is -0.139. The number of hydrogen-bond donors (Lipinski definition) is 1. The average Bonchev–Trinajstić information content (AvgIpc) is 2.91. The molecule has 3 aromatic rings. The fourth-order valence-corrected chi connectivity index (χ4v) is 5.87. The van der Waals surface area contributed by atoms with Crippen molar-refractivity contribution < 1.29 is 18.0 Å². The predicted molar refractivity (Wildman–Crippen MR) is 152 cm³/mol. The Morgan fingerprint density at radius 1 is 0.868 bits per heavy atom. The zero-order chi connectivity index (χ0) is 28.0. The first-order valence-corrected chi connectivity index (χ1v) is 14.3. The normalized spacial score (nSPS) is 12.2. The second-order valence-corrected chi connectivity index (χ2v) is 11.8. The third kappa shape index (κ3) is 6.67. The van der Waals surface area contributed by atoms with Crippen LogP contribution >= 0.6 is 23.2 Å². The van der Waals surface area contributed by atoms with E-state index in [1.807, 2.05) is 26.0 Å². The molecule has 3 rings (SSSR count). The van der Waals surface area contributed by atoms with Crippen LogP contribution in [0.4, 0.5) is 5.69 Å². The highest BCUT2D eigenvalue weighted by molar-refractivity contribution is 7.92. The van der Waals surface area contributed by atoms with Crippen LogP contribution in [0.25, 0.3) is 0 Å². The van der Waals surface area contributed by atoms with Gasteiger partial charge < -0.3 is 10.2 Å².